The second-order valence-electron chi connectivity index (χ2n) is 6.09. The molecule has 4 nitrogen and oxygen atoms in total. The van der Waals surface area contributed by atoms with Gasteiger partial charge in [-0.15, -0.1) is 5.10 Å². The molecule has 1 atom stereocenters. The summed E-state index contributed by atoms with van der Waals surface area (Å²) in [5.74, 6) is 0.171. The van der Waals surface area contributed by atoms with E-state index < -0.39 is 0 Å². The molecule has 1 aromatic heterocycles. The molecule has 0 spiro atoms. The molecule has 0 aliphatic carbocycles. The van der Waals surface area contributed by atoms with E-state index >= 15 is 0 Å². The predicted molar refractivity (Wildman–Crippen MR) is 94.4 cm³/mol. The van der Waals surface area contributed by atoms with Crippen LogP contribution >= 0.6 is 12.2 Å². The fourth-order valence-corrected chi connectivity index (χ4v) is 2.90. The summed E-state index contributed by atoms with van der Waals surface area (Å²) in [6.07, 6.45) is 0. The number of benzene rings is 2. The summed E-state index contributed by atoms with van der Waals surface area (Å²) in [5, 5.41) is 4.58. The Morgan fingerprint density at radius 2 is 1.56 bits per heavy atom. The smallest absolute Gasteiger partial charge is 0.202 e. The van der Waals surface area contributed by atoms with Crippen molar-refractivity contribution in [3.05, 3.63) is 70.5 Å². The van der Waals surface area contributed by atoms with Gasteiger partial charge in [-0.05, 0) is 48.6 Å². The minimum atomic E-state index is -0.284. The summed E-state index contributed by atoms with van der Waals surface area (Å²) in [7, 11) is 3.87. The lowest BCUT2D eigenvalue weighted by molar-refractivity contribution is -0.917. The zero-order valence-corrected chi connectivity index (χ0v) is 14.9. The molecule has 0 fully saturated rings. The third-order valence-electron chi connectivity index (χ3n) is 3.98. The summed E-state index contributed by atoms with van der Waals surface area (Å²) in [6, 6.07) is 12.7. The van der Waals surface area contributed by atoms with Crippen molar-refractivity contribution >= 4 is 12.2 Å². The van der Waals surface area contributed by atoms with Gasteiger partial charge in [0, 0.05) is 18.2 Å². The highest BCUT2D eigenvalue weighted by Gasteiger charge is 2.13. The number of nitrogens with one attached hydrogen (secondary N) is 1. The standard InChI is InChI=1S/C18H18F2N4S/c1-22(11-13-3-7-15(19)8-4-13)12-24-18(25)23(2)17(21-24)14-5-9-16(20)10-6-14/h3-10H,11-12H2,1-2H3/p+1. The Balaban J connectivity index is 1.78. The van der Waals surface area contributed by atoms with E-state index in [0.29, 0.717) is 17.3 Å². The molecule has 0 bridgehead atoms. The normalized spacial score (nSPS) is 12.3. The maximum atomic E-state index is 13.1. The van der Waals surface area contributed by atoms with Gasteiger partial charge in [-0.1, -0.05) is 12.1 Å². The molecule has 1 unspecified atom stereocenters. The lowest BCUT2D eigenvalue weighted by atomic mass is 10.2. The fourth-order valence-electron chi connectivity index (χ4n) is 2.70. The van der Waals surface area contributed by atoms with E-state index in [1.807, 2.05) is 18.7 Å². The highest BCUT2D eigenvalue weighted by atomic mass is 32.1. The van der Waals surface area contributed by atoms with E-state index in [2.05, 4.69) is 5.10 Å². The molecule has 0 amide bonds. The third-order valence-corrected chi connectivity index (χ3v) is 4.47. The van der Waals surface area contributed by atoms with Crippen molar-refractivity contribution in [1.29, 1.82) is 0 Å². The maximum Gasteiger partial charge on any atom is 0.202 e. The average Bonchev–Trinajstić information content (AvgIpc) is 2.86. The minimum Gasteiger partial charge on any atom is -0.315 e. The van der Waals surface area contributed by atoms with Crippen LogP contribution in [-0.4, -0.2) is 21.4 Å². The monoisotopic (exact) mass is 361 g/mol. The number of hydrogen-bond donors (Lipinski definition) is 1. The first-order valence-electron chi connectivity index (χ1n) is 7.89. The van der Waals surface area contributed by atoms with Crippen LogP contribution in [0.5, 0.6) is 0 Å². The highest BCUT2D eigenvalue weighted by Crippen LogP contribution is 2.17. The second kappa shape index (κ2) is 7.25. The number of aromatic nitrogens is 3. The molecular formula is C18H19F2N4S+. The SMILES string of the molecule is Cn1c(-c2ccc(F)cc2)nn(C[NH+](C)Cc2ccc(F)cc2)c1=S. The molecule has 3 aromatic rings. The number of hydrogen-bond acceptors (Lipinski definition) is 2. The Hall–Kier alpha value is -2.38. The summed E-state index contributed by atoms with van der Waals surface area (Å²) in [4.78, 5) is 1.16. The van der Waals surface area contributed by atoms with Crippen LogP contribution in [-0.2, 0) is 20.3 Å². The van der Waals surface area contributed by atoms with Gasteiger partial charge in [-0.25, -0.2) is 8.78 Å². The lowest BCUT2D eigenvalue weighted by Gasteiger charge is -2.13. The summed E-state index contributed by atoms with van der Waals surface area (Å²) >= 11 is 5.47. The van der Waals surface area contributed by atoms with Crippen LogP contribution in [0, 0.1) is 16.4 Å². The summed E-state index contributed by atoms with van der Waals surface area (Å²) in [6.45, 7) is 1.30. The molecular weight excluding hydrogens is 342 g/mol. The molecule has 25 heavy (non-hydrogen) atoms. The van der Waals surface area contributed by atoms with E-state index in [9.17, 15) is 8.78 Å². The predicted octanol–water partition coefficient (Wildman–Crippen LogP) is 2.57. The zero-order chi connectivity index (χ0) is 18.0. The van der Waals surface area contributed by atoms with Crippen LogP contribution in [0.3, 0.4) is 0 Å². The molecule has 3 rings (SSSR count). The van der Waals surface area contributed by atoms with Crippen LogP contribution in [0.4, 0.5) is 8.78 Å². The topological polar surface area (TPSA) is 27.2 Å². The van der Waals surface area contributed by atoms with Gasteiger partial charge in [0.2, 0.25) is 4.77 Å². The molecule has 0 saturated heterocycles. The average molecular weight is 361 g/mol. The molecule has 0 saturated carbocycles. The van der Waals surface area contributed by atoms with Gasteiger partial charge in [0.05, 0.1) is 7.05 Å². The van der Waals surface area contributed by atoms with Crippen molar-refractivity contribution < 1.29 is 13.7 Å². The molecule has 0 radical (unpaired) electrons. The van der Waals surface area contributed by atoms with Crippen LogP contribution in [0.15, 0.2) is 48.5 Å². The van der Waals surface area contributed by atoms with Gasteiger partial charge < -0.3 is 9.47 Å². The lowest BCUT2D eigenvalue weighted by Crippen LogP contribution is -3.07. The first kappa shape index (κ1) is 17.4. The number of nitrogens with zero attached hydrogens (tertiary/aromatic N) is 3. The summed E-state index contributed by atoms with van der Waals surface area (Å²) < 4.78 is 30.3. The number of quaternary nitrogens is 1. The first-order valence-corrected chi connectivity index (χ1v) is 8.30. The minimum absolute atomic E-state index is 0.239. The molecule has 1 N–H and O–H groups in total. The third kappa shape index (κ3) is 4.00. The van der Waals surface area contributed by atoms with Crippen molar-refractivity contribution in [2.75, 3.05) is 7.05 Å². The van der Waals surface area contributed by atoms with Crippen molar-refractivity contribution in [2.45, 2.75) is 13.2 Å². The van der Waals surface area contributed by atoms with Crippen LogP contribution < -0.4 is 4.90 Å². The highest BCUT2D eigenvalue weighted by molar-refractivity contribution is 7.71. The molecule has 130 valence electrons. The van der Waals surface area contributed by atoms with E-state index in [1.165, 1.54) is 24.3 Å². The van der Waals surface area contributed by atoms with Crippen LogP contribution in [0.1, 0.15) is 5.56 Å². The zero-order valence-electron chi connectivity index (χ0n) is 14.0. The van der Waals surface area contributed by atoms with E-state index in [4.69, 9.17) is 12.2 Å². The van der Waals surface area contributed by atoms with Gasteiger partial charge in [0.25, 0.3) is 0 Å². The second-order valence-corrected chi connectivity index (χ2v) is 6.46. The molecule has 0 aliphatic rings. The number of rotatable bonds is 5. The van der Waals surface area contributed by atoms with Crippen molar-refractivity contribution in [3.8, 4) is 11.4 Å². The molecule has 1 heterocycles. The molecule has 0 aliphatic heterocycles. The van der Waals surface area contributed by atoms with Crippen molar-refractivity contribution in [2.24, 2.45) is 7.05 Å². The maximum absolute atomic E-state index is 13.1. The first-order chi connectivity index (χ1) is 11.9. The van der Waals surface area contributed by atoms with E-state index in [1.54, 1.807) is 28.9 Å². The molecule has 7 heteroatoms. The molecule has 2 aromatic carbocycles. The van der Waals surface area contributed by atoms with Crippen LogP contribution in [0.25, 0.3) is 11.4 Å². The van der Waals surface area contributed by atoms with Gasteiger partial charge in [0.1, 0.15) is 18.2 Å². The van der Waals surface area contributed by atoms with Gasteiger partial charge in [0.15, 0.2) is 12.5 Å². The van der Waals surface area contributed by atoms with Crippen LogP contribution in [0.2, 0.25) is 0 Å². The van der Waals surface area contributed by atoms with E-state index in [0.717, 1.165) is 22.6 Å². The Morgan fingerprint density at radius 3 is 2.16 bits per heavy atom. The Labute approximate surface area is 149 Å². The Morgan fingerprint density at radius 1 is 1.00 bits per heavy atom. The quantitative estimate of drug-likeness (QED) is 0.707. The van der Waals surface area contributed by atoms with E-state index in [-0.39, 0.29) is 11.6 Å². The fraction of sp³-hybridized carbons (Fsp3) is 0.222. The Kier molecular flexibility index (Phi) is 5.06. The number of halogens is 2. The summed E-state index contributed by atoms with van der Waals surface area (Å²) in [5.41, 5.74) is 1.85. The Bertz CT molecular complexity index is 914. The van der Waals surface area contributed by atoms with Crippen molar-refractivity contribution in [3.63, 3.8) is 0 Å². The van der Waals surface area contributed by atoms with Gasteiger partial charge in [-0.2, -0.15) is 4.68 Å². The van der Waals surface area contributed by atoms with Gasteiger partial charge in [-0.3, -0.25) is 0 Å². The largest absolute Gasteiger partial charge is 0.315 e. The van der Waals surface area contributed by atoms with Gasteiger partial charge >= 0.3 is 0 Å². The van der Waals surface area contributed by atoms with Crippen molar-refractivity contribution in [1.82, 2.24) is 14.3 Å².